The summed E-state index contributed by atoms with van der Waals surface area (Å²) in [6.07, 6.45) is 29.8. The normalized spacial score (nSPS) is 15.1. The maximum atomic E-state index is 11.9. The molecular formula is C25H39NO2. The minimum atomic E-state index is -0.794. The predicted octanol–water partition coefficient (Wildman–Crippen LogP) is 5.96. The van der Waals surface area contributed by atoms with E-state index in [2.05, 4.69) is 18.3 Å². The molecule has 0 saturated carbocycles. The van der Waals surface area contributed by atoms with E-state index in [0.717, 1.165) is 38.5 Å². The van der Waals surface area contributed by atoms with Gasteiger partial charge in [0.25, 0.3) is 0 Å². The van der Waals surface area contributed by atoms with Crippen LogP contribution in [0.1, 0.15) is 65.7 Å². The summed E-state index contributed by atoms with van der Waals surface area (Å²) >= 11 is 0. The lowest BCUT2D eigenvalue weighted by Crippen LogP contribution is -2.42. The quantitative estimate of drug-likeness (QED) is 0.207. The molecule has 3 nitrogen and oxygen atoms in total. The van der Waals surface area contributed by atoms with E-state index in [1.165, 1.54) is 6.08 Å². The topological polar surface area (TPSA) is 49.3 Å². The zero-order chi connectivity index (χ0) is 20.9. The Bertz CT molecular complexity index is 567. The van der Waals surface area contributed by atoms with Gasteiger partial charge in [-0.3, -0.25) is 4.79 Å². The minimum Gasteiger partial charge on any atom is -0.388 e. The van der Waals surface area contributed by atoms with Crippen molar-refractivity contribution in [3.63, 3.8) is 0 Å². The second-order valence-corrected chi connectivity index (χ2v) is 6.84. The Kier molecular flexibility index (Phi) is 16.9. The van der Waals surface area contributed by atoms with Crippen molar-refractivity contribution in [3.8, 4) is 0 Å². The van der Waals surface area contributed by atoms with E-state index in [0.29, 0.717) is 13.0 Å². The van der Waals surface area contributed by atoms with Crippen LogP contribution in [0.15, 0.2) is 72.9 Å². The molecule has 0 heterocycles. The first-order valence-electron chi connectivity index (χ1n) is 10.5. The number of aliphatic hydroxyl groups is 1. The maximum Gasteiger partial charge on any atom is 0.244 e. The van der Waals surface area contributed by atoms with E-state index in [1.54, 1.807) is 6.08 Å². The zero-order valence-corrected chi connectivity index (χ0v) is 17.9. The zero-order valence-electron chi connectivity index (χ0n) is 17.9. The summed E-state index contributed by atoms with van der Waals surface area (Å²) in [6.45, 7) is 6.40. The molecule has 0 spiro atoms. The van der Waals surface area contributed by atoms with Crippen LogP contribution in [0.4, 0.5) is 0 Å². The Hall–Kier alpha value is -2.13. The number of carbonyl (C=O) groups is 1. The molecule has 0 aliphatic carbocycles. The molecule has 1 atom stereocenters. The number of nitrogens with one attached hydrogen (secondary N) is 1. The summed E-state index contributed by atoms with van der Waals surface area (Å²) in [6, 6.07) is 0. The molecule has 0 rings (SSSR count). The van der Waals surface area contributed by atoms with Crippen LogP contribution in [-0.2, 0) is 4.79 Å². The summed E-state index contributed by atoms with van der Waals surface area (Å²) in [5.74, 6) is -0.164. The number of amides is 1. The number of allylic oxidation sites excluding steroid dienone is 11. The Morgan fingerprint density at radius 3 is 2.11 bits per heavy atom. The largest absolute Gasteiger partial charge is 0.388 e. The number of hydrogen-bond acceptors (Lipinski definition) is 2. The van der Waals surface area contributed by atoms with Gasteiger partial charge in [0.2, 0.25) is 5.91 Å². The summed E-state index contributed by atoms with van der Waals surface area (Å²) in [5.41, 5.74) is -0.794. The van der Waals surface area contributed by atoms with Crippen molar-refractivity contribution >= 4 is 5.91 Å². The lowest BCUT2D eigenvalue weighted by molar-refractivity contribution is -0.117. The average molecular weight is 386 g/mol. The van der Waals surface area contributed by atoms with Crippen LogP contribution < -0.4 is 5.32 Å². The van der Waals surface area contributed by atoms with Crippen molar-refractivity contribution in [2.24, 2.45) is 0 Å². The van der Waals surface area contributed by atoms with Crippen molar-refractivity contribution < 1.29 is 9.90 Å². The van der Waals surface area contributed by atoms with Gasteiger partial charge < -0.3 is 10.4 Å². The van der Waals surface area contributed by atoms with E-state index in [-0.39, 0.29) is 5.91 Å². The summed E-state index contributed by atoms with van der Waals surface area (Å²) in [5, 5.41) is 13.3. The highest BCUT2D eigenvalue weighted by atomic mass is 16.3. The van der Waals surface area contributed by atoms with Gasteiger partial charge in [0.05, 0.1) is 5.60 Å². The van der Waals surface area contributed by atoms with Crippen molar-refractivity contribution in [2.45, 2.75) is 71.3 Å². The van der Waals surface area contributed by atoms with Crippen LogP contribution in [0.25, 0.3) is 0 Å². The average Bonchev–Trinajstić information content (AvgIpc) is 2.70. The monoisotopic (exact) mass is 385 g/mol. The van der Waals surface area contributed by atoms with Crippen molar-refractivity contribution in [1.29, 1.82) is 0 Å². The number of carbonyl (C=O) groups excluding carboxylic acids is 1. The fourth-order valence-corrected chi connectivity index (χ4v) is 2.46. The van der Waals surface area contributed by atoms with Gasteiger partial charge in [-0.05, 0) is 32.6 Å². The molecule has 0 aliphatic heterocycles. The number of rotatable bonds is 15. The van der Waals surface area contributed by atoms with Gasteiger partial charge in [0.1, 0.15) is 0 Å². The Morgan fingerprint density at radius 2 is 1.50 bits per heavy atom. The van der Waals surface area contributed by atoms with E-state index in [1.807, 2.05) is 68.5 Å². The van der Waals surface area contributed by atoms with Crippen LogP contribution >= 0.6 is 0 Å². The summed E-state index contributed by atoms with van der Waals surface area (Å²) in [7, 11) is 0. The van der Waals surface area contributed by atoms with E-state index in [4.69, 9.17) is 0 Å². The Balaban J connectivity index is 4.00. The van der Waals surface area contributed by atoms with Crippen LogP contribution in [0.5, 0.6) is 0 Å². The Morgan fingerprint density at radius 1 is 0.893 bits per heavy atom. The highest BCUT2D eigenvalue weighted by molar-refractivity contribution is 5.87. The predicted molar refractivity (Wildman–Crippen MR) is 122 cm³/mol. The third kappa shape index (κ3) is 16.1. The van der Waals surface area contributed by atoms with Crippen molar-refractivity contribution in [1.82, 2.24) is 5.32 Å². The van der Waals surface area contributed by atoms with Gasteiger partial charge in [0, 0.05) is 12.6 Å². The molecule has 0 saturated heterocycles. The maximum absolute atomic E-state index is 11.9. The van der Waals surface area contributed by atoms with Gasteiger partial charge in [-0.2, -0.15) is 0 Å². The molecular weight excluding hydrogens is 346 g/mol. The van der Waals surface area contributed by atoms with Crippen molar-refractivity contribution in [2.75, 3.05) is 6.54 Å². The molecule has 0 bridgehead atoms. The molecule has 0 fully saturated rings. The minimum absolute atomic E-state index is 0.164. The lowest BCUT2D eigenvalue weighted by atomic mass is 9.93. The third-order valence-electron chi connectivity index (χ3n) is 4.37. The van der Waals surface area contributed by atoms with E-state index >= 15 is 0 Å². The number of unbranched alkanes of at least 4 members (excludes halogenated alkanes) is 3. The Labute approximate surface area is 172 Å². The lowest BCUT2D eigenvalue weighted by Gasteiger charge is -2.26. The second-order valence-electron chi connectivity index (χ2n) is 6.84. The first kappa shape index (κ1) is 25.9. The fourth-order valence-electron chi connectivity index (χ4n) is 2.46. The van der Waals surface area contributed by atoms with Crippen LogP contribution in [0, 0.1) is 0 Å². The molecule has 0 aromatic carbocycles. The third-order valence-corrected chi connectivity index (χ3v) is 4.37. The smallest absolute Gasteiger partial charge is 0.244 e. The van der Waals surface area contributed by atoms with Crippen LogP contribution in [0.2, 0.25) is 0 Å². The molecule has 0 aromatic rings. The highest BCUT2D eigenvalue weighted by Crippen LogP contribution is 2.18. The van der Waals surface area contributed by atoms with Gasteiger partial charge in [-0.1, -0.05) is 99.9 Å². The molecule has 28 heavy (non-hydrogen) atoms. The molecule has 1 unspecified atom stereocenters. The molecule has 156 valence electrons. The molecule has 1 amide bonds. The highest BCUT2D eigenvalue weighted by Gasteiger charge is 2.24. The van der Waals surface area contributed by atoms with Gasteiger partial charge in [-0.15, -0.1) is 0 Å². The SMILES string of the molecule is CC=CC=CC=CC=CCCC=CC=CC(=O)NCC(O)(CC)CCCCC. The fraction of sp³-hybridized carbons (Fsp3) is 0.480. The second kappa shape index (κ2) is 18.2. The first-order valence-corrected chi connectivity index (χ1v) is 10.5. The molecule has 2 N–H and O–H groups in total. The summed E-state index contributed by atoms with van der Waals surface area (Å²) < 4.78 is 0. The molecule has 3 heteroatoms. The summed E-state index contributed by atoms with van der Waals surface area (Å²) in [4.78, 5) is 11.9. The standard InChI is InChI=1S/C25H39NO2/c1-4-7-9-10-11-12-13-14-15-16-17-18-19-21-24(27)26-23-25(28,6-3)22-20-8-5-2/h4,7,9-14,17-19,21,28H,5-6,8,15-16,20,22-23H2,1-3H3,(H,26,27). The molecule has 0 radical (unpaired) electrons. The molecule has 0 aromatic heterocycles. The van der Waals surface area contributed by atoms with Crippen LogP contribution in [0.3, 0.4) is 0 Å². The van der Waals surface area contributed by atoms with Gasteiger partial charge in [-0.25, -0.2) is 0 Å². The van der Waals surface area contributed by atoms with Crippen LogP contribution in [-0.4, -0.2) is 23.2 Å². The van der Waals surface area contributed by atoms with Crippen molar-refractivity contribution in [3.05, 3.63) is 72.9 Å². The van der Waals surface area contributed by atoms with Gasteiger partial charge >= 0.3 is 0 Å². The number of hydrogen-bond donors (Lipinski definition) is 2. The molecule has 0 aliphatic rings. The first-order chi connectivity index (χ1) is 13.6. The van der Waals surface area contributed by atoms with E-state index in [9.17, 15) is 9.90 Å². The van der Waals surface area contributed by atoms with Gasteiger partial charge in [0.15, 0.2) is 0 Å². The van der Waals surface area contributed by atoms with E-state index < -0.39 is 5.60 Å².